The Bertz CT molecular complexity index is 883. The lowest BCUT2D eigenvalue weighted by Gasteiger charge is -2.18. The first kappa shape index (κ1) is 13.9. The van der Waals surface area contributed by atoms with Gasteiger partial charge in [0, 0.05) is 23.6 Å². The third-order valence-corrected chi connectivity index (χ3v) is 3.78. The zero-order chi connectivity index (χ0) is 15.6. The molecule has 0 atom stereocenters. The summed E-state index contributed by atoms with van der Waals surface area (Å²) in [4.78, 5) is 15.1. The highest BCUT2D eigenvalue weighted by Crippen LogP contribution is 2.33. The smallest absolute Gasteiger partial charge is 0.252 e. The SMILES string of the molecule is O=c1[nH]c2cc3c(cc2cc1CNCc1ccco1)OCCO3. The van der Waals surface area contributed by atoms with Crippen molar-refractivity contribution in [3.8, 4) is 11.5 Å². The zero-order valence-electron chi connectivity index (χ0n) is 12.4. The number of aromatic amines is 1. The van der Waals surface area contributed by atoms with Gasteiger partial charge in [0.2, 0.25) is 0 Å². The topological polar surface area (TPSA) is 76.5 Å². The molecule has 0 radical (unpaired) electrons. The van der Waals surface area contributed by atoms with E-state index in [9.17, 15) is 4.79 Å². The predicted octanol–water partition coefficient (Wildman–Crippen LogP) is 2.18. The van der Waals surface area contributed by atoms with Crippen molar-refractivity contribution in [2.75, 3.05) is 13.2 Å². The molecule has 4 rings (SSSR count). The van der Waals surface area contributed by atoms with Gasteiger partial charge in [-0.2, -0.15) is 0 Å². The van der Waals surface area contributed by atoms with Gasteiger partial charge in [0.05, 0.1) is 18.3 Å². The fourth-order valence-electron chi connectivity index (χ4n) is 2.65. The summed E-state index contributed by atoms with van der Waals surface area (Å²) in [5.41, 5.74) is 1.30. The van der Waals surface area contributed by atoms with E-state index in [2.05, 4.69) is 10.3 Å². The Labute approximate surface area is 132 Å². The van der Waals surface area contributed by atoms with E-state index >= 15 is 0 Å². The lowest BCUT2D eigenvalue weighted by Crippen LogP contribution is -2.21. The van der Waals surface area contributed by atoms with Crippen LogP contribution in [0.5, 0.6) is 11.5 Å². The molecular weight excluding hydrogens is 296 g/mol. The molecule has 2 N–H and O–H groups in total. The van der Waals surface area contributed by atoms with Crippen LogP contribution >= 0.6 is 0 Å². The van der Waals surface area contributed by atoms with E-state index in [-0.39, 0.29) is 5.56 Å². The third kappa shape index (κ3) is 2.80. The lowest BCUT2D eigenvalue weighted by atomic mass is 10.1. The molecule has 2 aromatic heterocycles. The fraction of sp³-hybridized carbons (Fsp3) is 0.235. The Morgan fingerprint density at radius 3 is 2.70 bits per heavy atom. The number of H-pyrrole nitrogens is 1. The molecular formula is C17H16N2O4. The van der Waals surface area contributed by atoms with Gasteiger partial charge in [0.25, 0.3) is 5.56 Å². The van der Waals surface area contributed by atoms with Crippen molar-refractivity contribution < 1.29 is 13.9 Å². The first-order valence-electron chi connectivity index (χ1n) is 7.48. The van der Waals surface area contributed by atoms with Gasteiger partial charge in [-0.05, 0) is 24.3 Å². The van der Waals surface area contributed by atoms with Gasteiger partial charge in [-0.1, -0.05) is 0 Å². The molecule has 3 aromatic rings. The number of ether oxygens (including phenoxy) is 2. The lowest BCUT2D eigenvalue weighted by molar-refractivity contribution is 0.172. The van der Waals surface area contributed by atoms with Crippen molar-refractivity contribution in [3.63, 3.8) is 0 Å². The Morgan fingerprint density at radius 1 is 1.09 bits per heavy atom. The molecule has 1 aliphatic heterocycles. The average molecular weight is 312 g/mol. The van der Waals surface area contributed by atoms with Gasteiger partial charge in [-0.15, -0.1) is 0 Å². The van der Waals surface area contributed by atoms with E-state index in [0.717, 1.165) is 16.7 Å². The monoisotopic (exact) mass is 312 g/mol. The second-order valence-electron chi connectivity index (χ2n) is 5.39. The number of benzene rings is 1. The average Bonchev–Trinajstić information content (AvgIpc) is 3.07. The maximum absolute atomic E-state index is 12.2. The van der Waals surface area contributed by atoms with Crippen LogP contribution in [0.15, 0.2) is 45.8 Å². The Hall–Kier alpha value is -2.73. The number of fused-ring (bicyclic) bond motifs is 2. The summed E-state index contributed by atoms with van der Waals surface area (Å²) in [5, 5.41) is 4.12. The number of furan rings is 1. The molecule has 1 aromatic carbocycles. The molecule has 3 heterocycles. The van der Waals surface area contributed by atoms with Crippen LogP contribution in [-0.2, 0) is 13.1 Å². The van der Waals surface area contributed by atoms with Crippen LogP contribution < -0.4 is 20.3 Å². The number of aromatic nitrogens is 1. The zero-order valence-corrected chi connectivity index (χ0v) is 12.4. The fourth-order valence-corrected chi connectivity index (χ4v) is 2.65. The molecule has 6 heteroatoms. The molecule has 0 saturated carbocycles. The second-order valence-corrected chi connectivity index (χ2v) is 5.39. The van der Waals surface area contributed by atoms with Crippen LogP contribution in [0.4, 0.5) is 0 Å². The van der Waals surface area contributed by atoms with Gasteiger partial charge in [0.1, 0.15) is 19.0 Å². The molecule has 0 bridgehead atoms. The van der Waals surface area contributed by atoms with Gasteiger partial charge in [0.15, 0.2) is 11.5 Å². The molecule has 0 spiro atoms. The van der Waals surface area contributed by atoms with E-state index < -0.39 is 0 Å². The van der Waals surface area contributed by atoms with Crippen molar-refractivity contribution in [1.29, 1.82) is 0 Å². The number of nitrogens with one attached hydrogen (secondary N) is 2. The van der Waals surface area contributed by atoms with Crippen molar-refractivity contribution in [3.05, 3.63) is 58.3 Å². The summed E-state index contributed by atoms with van der Waals surface area (Å²) in [6.07, 6.45) is 1.63. The second kappa shape index (κ2) is 5.81. The maximum Gasteiger partial charge on any atom is 0.252 e. The van der Waals surface area contributed by atoms with E-state index in [0.29, 0.717) is 43.4 Å². The van der Waals surface area contributed by atoms with Crippen LogP contribution in [0.25, 0.3) is 10.9 Å². The molecule has 0 amide bonds. The summed E-state index contributed by atoms with van der Waals surface area (Å²) < 4.78 is 16.4. The minimum atomic E-state index is -0.110. The Morgan fingerprint density at radius 2 is 1.91 bits per heavy atom. The van der Waals surface area contributed by atoms with Gasteiger partial charge in [-0.25, -0.2) is 0 Å². The van der Waals surface area contributed by atoms with Crippen LogP contribution in [0.3, 0.4) is 0 Å². The highest BCUT2D eigenvalue weighted by Gasteiger charge is 2.14. The summed E-state index contributed by atoms with van der Waals surface area (Å²) in [7, 11) is 0. The highest BCUT2D eigenvalue weighted by molar-refractivity contribution is 5.83. The van der Waals surface area contributed by atoms with Crippen LogP contribution in [-0.4, -0.2) is 18.2 Å². The van der Waals surface area contributed by atoms with Gasteiger partial charge < -0.3 is 24.2 Å². The Balaban J connectivity index is 1.59. The molecule has 0 aliphatic carbocycles. The summed E-state index contributed by atoms with van der Waals surface area (Å²) in [6, 6.07) is 9.31. The van der Waals surface area contributed by atoms with E-state index in [4.69, 9.17) is 13.9 Å². The minimum absolute atomic E-state index is 0.110. The maximum atomic E-state index is 12.2. The summed E-state index contributed by atoms with van der Waals surface area (Å²) in [5.74, 6) is 2.22. The largest absolute Gasteiger partial charge is 0.486 e. The van der Waals surface area contributed by atoms with Crippen molar-refractivity contribution in [2.45, 2.75) is 13.1 Å². The highest BCUT2D eigenvalue weighted by atomic mass is 16.6. The third-order valence-electron chi connectivity index (χ3n) is 3.78. The summed E-state index contributed by atoms with van der Waals surface area (Å²) in [6.45, 7) is 2.10. The quantitative estimate of drug-likeness (QED) is 0.772. The van der Waals surface area contributed by atoms with Gasteiger partial charge >= 0.3 is 0 Å². The number of hydrogen-bond donors (Lipinski definition) is 2. The Kier molecular flexibility index (Phi) is 3.51. The van der Waals surface area contributed by atoms with Crippen molar-refractivity contribution in [1.82, 2.24) is 10.3 Å². The van der Waals surface area contributed by atoms with Crippen LogP contribution in [0.2, 0.25) is 0 Å². The standard InChI is InChI=1S/C17H16N2O4/c20-17-12(9-18-10-13-2-1-3-21-13)6-11-7-15-16(8-14(11)19-17)23-5-4-22-15/h1-3,6-8,18H,4-5,9-10H2,(H,19,20). The minimum Gasteiger partial charge on any atom is -0.486 e. The molecule has 0 saturated heterocycles. The molecule has 23 heavy (non-hydrogen) atoms. The van der Waals surface area contributed by atoms with Crippen molar-refractivity contribution >= 4 is 10.9 Å². The van der Waals surface area contributed by atoms with E-state index in [1.807, 2.05) is 30.3 Å². The van der Waals surface area contributed by atoms with Crippen molar-refractivity contribution in [2.24, 2.45) is 0 Å². The first-order valence-corrected chi connectivity index (χ1v) is 7.48. The molecule has 1 aliphatic rings. The molecule has 118 valence electrons. The predicted molar refractivity (Wildman–Crippen MR) is 84.8 cm³/mol. The number of pyridine rings is 1. The van der Waals surface area contributed by atoms with E-state index in [1.54, 1.807) is 6.26 Å². The number of rotatable bonds is 4. The van der Waals surface area contributed by atoms with Crippen LogP contribution in [0, 0.1) is 0 Å². The normalized spacial score (nSPS) is 13.4. The molecule has 0 unspecified atom stereocenters. The van der Waals surface area contributed by atoms with Gasteiger partial charge in [-0.3, -0.25) is 4.79 Å². The summed E-state index contributed by atoms with van der Waals surface area (Å²) >= 11 is 0. The molecule has 6 nitrogen and oxygen atoms in total. The first-order chi connectivity index (χ1) is 11.3. The number of hydrogen-bond acceptors (Lipinski definition) is 5. The van der Waals surface area contributed by atoms with E-state index in [1.165, 1.54) is 0 Å². The molecule has 0 fully saturated rings. The van der Waals surface area contributed by atoms with Crippen LogP contribution in [0.1, 0.15) is 11.3 Å².